The Kier molecular flexibility index (Phi) is 4.25. The summed E-state index contributed by atoms with van der Waals surface area (Å²) in [5.74, 6) is 0.250. The van der Waals surface area contributed by atoms with Gasteiger partial charge in [0.1, 0.15) is 11.5 Å². The second-order valence-electron chi connectivity index (χ2n) is 6.65. The van der Waals surface area contributed by atoms with E-state index in [2.05, 4.69) is 37.5 Å². The van der Waals surface area contributed by atoms with Crippen LogP contribution in [-0.2, 0) is 0 Å². The summed E-state index contributed by atoms with van der Waals surface area (Å²) in [6, 6.07) is 5.05. The first-order chi connectivity index (χ1) is 9.27. The van der Waals surface area contributed by atoms with Crippen LogP contribution in [0.3, 0.4) is 0 Å². The summed E-state index contributed by atoms with van der Waals surface area (Å²) in [7, 11) is 0. The van der Waals surface area contributed by atoms with Crippen molar-refractivity contribution < 1.29 is 10.2 Å². The van der Waals surface area contributed by atoms with Crippen molar-refractivity contribution in [2.24, 2.45) is 0 Å². The van der Waals surface area contributed by atoms with Gasteiger partial charge in [-0.2, -0.15) is 0 Å². The Labute approximate surface area is 121 Å². The van der Waals surface area contributed by atoms with Gasteiger partial charge in [0.25, 0.3) is 0 Å². The summed E-state index contributed by atoms with van der Waals surface area (Å²) in [5.41, 5.74) is 1.19. The van der Waals surface area contributed by atoms with Crippen LogP contribution in [0.5, 0.6) is 11.5 Å². The van der Waals surface area contributed by atoms with E-state index in [1.807, 2.05) is 0 Å². The smallest absolute Gasteiger partial charge is 0.119 e. The lowest BCUT2D eigenvalue weighted by atomic mass is 10.0. The van der Waals surface area contributed by atoms with Crippen molar-refractivity contribution in [2.45, 2.75) is 39.3 Å². The number of nitrogens with zero attached hydrogens (tertiary/aromatic N) is 2. The molecule has 1 aromatic carbocycles. The highest BCUT2D eigenvalue weighted by atomic mass is 16.3. The molecule has 1 unspecified atom stereocenters. The van der Waals surface area contributed by atoms with Gasteiger partial charge in [0.15, 0.2) is 0 Å². The van der Waals surface area contributed by atoms with Crippen LogP contribution in [0.4, 0.5) is 0 Å². The van der Waals surface area contributed by atoms with Crippen LogP contribution < -0.4 is 0 Å². The van der Waals surface area contributed by atoms with Crippen molar-refractivity contribution in [2.75, 3.05) is 26.2 Å². The first-order valence-electron chi connectivity index (χ1n) is 7.29. The molecule has 1 fully saturated rings. The second kappa shape index (κ2) is 5.62. The van der Waals surface area contributed by atoms with Gasteiger partial charge in [0.05, 0.1) is 0 Å². The minimum atomic E-state index is 0.125. The molecule has 1 aromatic rings. The minimum Gasteiger partial charge on any atom is -0.508 e. The molecule has 2 N–H and O–H groups in total. The van der Waals surface area contributed by atoms with Gasteiger partial charge in [-0.15, -0.1) is 0 Å². The SMILES string of the molecule is CC(c1cc(O)cc(O)c1)N1CCN(C(C)(C)C)CC1. The summed E-state index contributed by atoms with van der Waals surface area (Å²) in [6.07, 6.45) is 0. The zero-order valence-corrected chi connectivity index (χ0v) is 12.9. The highest BCUT2D eigenvalue weighted by molar-refractivity contribution is 5.38. The number of hydrogen-bond donors (Lipinski definition) is 2. The van der Waals surface area contributed by atoms with Crippen molar-refractivity contribution in [3.8, 4) is 11.5 Å². The summed E-state index contributed by atoms with van der Waals surface area (Å²) < 4.78 is 0. The Hall–Kier alpha value is -1.26. The van der Waals surface area contributed by atoms with Crippen molar-refractivity contribution in [1.29, 1.82) is 0 Å². The van der Waals surface area contributed by atoms with Gasteiger partial charge in [-0.3, -0.25) is 9.80 Å². The zero-order valence-electron chi connectivity index (χ0n) is 12.9. The predicted molar refractivity (Wildman–Crippen MR) is 81.1 cm³/mol. The third-order valence-electron chi connectivity index (χ3n) is 4.22. The molecule has 1 saturated heterocycles. The van der Waals surface area contributed by atoms with Crippen LogP contribution >= 0.6 is 0 Å². The molecular formula is C16H26N2O2. The molecule has 4 nitrogen and oxygen atoms in total. The largest absolute Gasteiger partial charge is 0.508 e. The fourth-order valence-electron chi connectivity index (χ4n) is 2.85. The molecule has 0 radical (unpaired) electrons. The zero-order chi connectivity index (χ0) is 14.9. The third kappa shape index (κ3) is 3.44. The van der Waals surface area contributed by atoms with Crippen molar-refractivity contribution in [3.63, 3.8) is 0 Å². The number of phenols is 2. The summed E-state index contributed by atoms with van der Waals surface area (Å²) >= 11 is 0. The van der Waals surface area contributed by atoms with Crippen LogP contribution in [0, 0.1) is 0 Å². The number of aromatic hydroxyl groups is 2. The van der Waals surface area contributed by atoms with E-state index < -0.39 is 0 Å². The lowest BCUT2D eigenvalue weighted by molar-refractivity contribution is 0.0453. The quantitative estimate of drug-likeness (QED) is 0.873. The van der Waals surface area contributed by atoms with Gasteiger partial charge >= 0.3 is 0 Å². The molecule has 2 rings (SSSR count). The first-order valence-corrected chi connectivity index (χ1v) is 7.29. The summed E-state index contributed by atoms with van der Waals surface area (Å²) in [4.78, 5) is 4.90. The van der Waals surface area contributed by atoms with Crippen LogP contribution in [0.1, 0.15) is 39.3 Å². The van der Waals surface area contributed by atoms with Crippen molar-refractivity contribution >= 4 is 0 Å². The molecule has 0 bridgehead atoms. The molecule has 20 heavy (non-hydrogen) atoms. The monoisotopic (exact) mass is 278 g/mol. The van der Waals surface area contributed by atoms with Gasteiger partial charge in [-0.25, -0.2) is 0 Å². The average Bonchev–Trinajstić information content (AvgIpc) is 2.36. The molecule has 1 atom stereocenters. The van der Waals surface area contributed by atoms with Crippen LogP contribution in [0.25, 0.3) is 0 Å². The van der Waals surface area contributed by atoms with Crippen LogP contribution in [0.2, 0.25) is 0 Å². The second-order valence-corrected chi connectivity index (χ2v) is 6.65. The van der Waals surface area contributed by atoms with Crippen molar-refractivity contribution in [3.05, 3.63) is 23.8 Å². The minimum absolute atomic E-state index is 0.125. The van der Waals surface area contributed by atoms with Crippen LogP contribution in [0.15, 0.2) is 18.2 Å². The van der Waals surface area contributed by atoms with Gasteiger partial charge < -0.3 is 10.2 Å². The van der Waals surface area contributed by atoms with E-state index in [4.69, 9.17) is 0 Å². The van der Waals surface area contributed by atoms with E-state index in [1.165, 1.54) is 6.07 Å². The molecule has 4 heteroatoms. The van der Waals surface area contributed by atoms with E-state index >= 15 is 0 Å². The lowest BCUT2D eigenvalue weighted by Gasteiger charge is -2.44. The molecule has 0 aliphatic carbocycles. The highest BCUT2D eigenvalue weighted by Gasteiger charge is 2.28. The molecule has 0 aromatic heterocycles. The van der Waals surface area contributed by atoms with Gasteiger partial charge in [0.2, 0.25) is 0 Å². The van der Waals surface area contributed by atoms with Crippen molar-refractivity contribution in [1.82, 2.24) is 9.80 Å². The van der Waals surface area contributed by atoms with Gasteiger partial charge in [0, 0.05) is 43.8 Å². The Morgan fingerprint density at radius 3 is 1.90 bits per heavy atom. The Morgan fingerprint density at radius 1 is 0.950 bits per heavy atom. The molecule has 1 aliphatic rings. The predicted octanol–water partition coefficient (Wildman–Crippen LogP) is 2.57. The standard InChI is InChI=1S/C16H26N2O2/c1-12(13-9-14(19)11-15(20)10-13)17-5-7-18(8-6-17)16(2,3)4/h9-12,19-20H,5-8H2,1-4H3. The highest BCUT2D eigenvalue weighted by Crippen LogP contribution is 2.29. The first kappa shape index (κ1) is 15.1. The Balaban J connectivity index is 2.03. The van der Waals surface area contributed by atoms with Crippen LogP contribution in [-0.4, -0.2) is 51.7 Å². The average molecular weight is 278 g/mol. The third-order valence-corrected chi connectivity index (χ3v) is 4.22. The number of rotatable bonds is 2. The summed E-state index contributed by atoms with van der Waals surface area (Å²) in [6.45, 7) is 13.0. The molecule has 112 valence electrons. The molecular weight excluding hydrogens is 252 g/mol. The van der Waals surface area contributed by atoms with E-state index in [9.17, 15) is 10.2 Å². The van der Waals surface area contributed by atoms with Gasteiger partial charge in [-0.1, -0.05) is 0 Å². The topological polar surface area (TPSA) is 46.9 Å². The Bertz CT molecular complexity index is 440. The maximum Gasteiger partial charge on any atom is 0.119 e. The molecule has 0 amide bonds. The molecule has 1 aliphatic heterocycles. The number of benzene rings is 1. The fourth-order valence-corrected chi connectivity index (χ4v) is 2.85. The maximum absolute atomic E-state index is 9.60. The molecule has 1 heterocycles. The number of piperazine rings is 1. The maximum atomic E-state index is 9.60. The normalized spacial score (nSPS) is 20.0. The molecule has 0 saturated carbocycles. The fraction of sp³-hybridized carbons (Fsp3) is 0.625. The van der Waals surface area contributed by atoms with E-state index in [0.29, 0.717) is 0 Å². The Morgan fingerprint density at radius 2 is 1.45 bits per heavy atom. The van der Waals surface area contributed by atoms with E-state index in [0.717, 1.165) is 31.7 Å². The number of phenolic OH excluding ortho intramolecular Hbond substituents is 2. The van der Waals surface area contributed by atoms with E-state index in [1.54, 1.807) is 12.1 Å². The molecule has 0 spiro atoms. The summed E-state index contributed by atoms with van der Waals surface area (Å²) in [5, 5.41) is 19.2. The van der Waals surface area contributed by atoms with E-state index in [-0.39, 0.29) is 23.1 Å². The number of hydrogen-bond acceptors (Lipinski definition) is 4. The lowest BCUT2D eigenvalue weighted by Crippen LogP contribution is -2.53. The van der Waals surface area contributed by atoms with Gasteiger partial charge in [-0.05, 0) is 45.4 Å².